The van der Waals surface area contributed by atoms with Gasteiger partial charge < -0.3 is 15.7 Å². The van der Waals surface area contributed by atoms with Crippen LogP contribution in [0.15, 0.2) is 47.6 Å². The lowest BCUT2D eigenvalue weighted by atomic mass is 9.83. The summed E-state index contributed by atoms with van der Waals surface area (Å²) in [6.45, 7) is 4.86. The van der Waals surface area contributed by atoms with Crippen LogP contribution in [0.5, 0.6) is 0 Å². The van der Waals surface area contributed by atoms with E-state index in [0.29, 0.717) is 11.4 Å². The summed E-state index contributed by atoms with van der Waals surface area (Å²) in [5.41, 5.74) is 2.26. The number of ketones is 1. The predicted octanol–water partition coefficient (Wildman–Crippen LogP) is 5.21. The average molecular weight is 548 g/mol. The van der Waals surface area contributed by atoms with Gasteiger partial charge in [-0.15, -0.1) is 0 Å². The van der Waals surface area contributed by atoms with Gasteiger partial charge in [0.15, 0.2) is 5.78 Å². The summed E-state index contributed by atoms with van der Waals surface area (Å²) >= 11 is 0. The van der Waals surface area contributed by atoms with Crippen molar-refractivity contribution in [3.63, 3.8) is 0 Å². The number of nitrogens with zero attached hydrogens (tertiary/aromatic N) is 3. The van der Waals surface area contributed by atoms with Crippen molar-refractivity contribution in [1.29, 1.82) is 0 Å². The van der Waals surface area contributed by atoms with Crippen molar-refractivity contribution >= 4 is 46.5 Å². The number of hydrogen-bond donors (Lipinski definition) is 3. The lowest BCUT2D eigenvalue weighted by Crippen LogP contribution is -2.47. The topological polar surface area (TPSA) is 131 Å². The number of anilines is 3. The number of carbonyl (C=O) groups excluding carboxylic acids is 3. The van der Waals surface area contributed by atoms with Crippen molar-refractivity contribution in [2.24, 2.45) is 16.4 Å². The number of rotatable bonds is 8. The van der Waals surface area contributed by atoms with Gasteiger partial charge in [0.25, 0.3) is 0 Å². The Morgan fingerprint density at radius 1 is 1.00 bits per heavy atom. The number of aromatic carboxylic acids is 1. The molecule has 1 fully saturated rings. The van der Waals surface area contributed by atoms with E-state index in [9.17, 15) is 24.3 Å². The van der Waals surface area contributed by atoms with Crippen LogP contribution in [0.1, 0.15) is 68.8 Å². The van der Waals surface area contributed by atoms with Crippen LogP contribution in [-0.2, 0) is 9.59 Å². The van der Waals surface area contributed by atoms with Gasteiger partial charge in [-0.2, -0.15) is 5.10 Å². The van der Waals surface area contributed by atoms with E-state index in [1.165, 1.54) is 17.0 Å². The molecule has 1 saturated carbocycles. The van der Waals surface area contributed by atoms with Crippen LogP contribution >= 0.6 is 0 Å². The standard InChI is InChI=1S/C30H37N5O5/c1-30(2,3)25(36)17-34-24-13-9-8-12-23(24)27(19-10-6-5-7-11-19)33-35(29(34)40)18-26(37)32-22-15-20(28(38)39)14-21(16-22)31-4/h8-9,12-16,19,31H,5-7,10-11,17-18H2,1-4H3,(H,32,37)(H,38,39). The third-order valence-electron chi connectivity index (χ3n) is 7.33. The highest BCUT2D eigenvalue weighted by Gasteiger charge is 2.36. The fourth-order valence-corrected chi connectivity index (χ4v) is 5.01. The summed E-state index contributed by atoms with van der Waals surface area (Å²) in [5.74, 6) is -1.67. The molecule has 3 amide bonds. The molecule has 0 aromatic heterocycles. The quantitative estimate of drug-likeness (QED) is 0.416. The molecule has 212 valence electrons. The Balaban J connectivity index is 1.70. The summed E-state index contributed by atoms with van der Waals surface area (Å²) in [7, 11) is 1.65. The monoisotopic (exact) mass is 547 g/mol. The molecule has 0 atom stereocenters. The molecular weight excluding hydrogens is 510 g/mol. The fourth-order valence-electron chi connectivity index (χ4n) is 5.01. The number of benzene rings is 2. The maximum absolute atomic E-state index is 14.0. The first-order chi connectivity index (χ1) is 19.0. The Kier molecular flexibility index (Phi) is 8.56. The highest BCUT2D eigenvalue weighted by molar-refractivity contribution is 6.13. The van der Waals surface area contributed by atoms with E-state index in [0.717, 1.165) is 48.4 Å². The molecule has 2 aliphatic rings. The maximum atomic E-state index is 14.0. The van der Waals surface area contributed by atoms with Crippen LogP contribution < -0.4 is 15.5 Å². The molecule has 0 bridgehead atoms. The third kappa shape index (κ3) is 6.50. The summed E-state index contributed by atoms with van der Waals surface area (Å²) in [4.78, 5) is 53.3. The zero-order chi connectivity index (χ0) is 29.0. The van der Waals surface area contributed by atoms with E-state index in [-0.39, 0.29) is 29.5 Å². The zero-order valence-corrected chi connectivity index (χ0v) is 23.5. The number of carboxylic acid groups (broad SMARTS) is 1. The van der Waals surface area contributed by atoms with Gasteiger partial charge in [-0.25, -0.2) is 14.6 Å². The van der Waals surface area contributed by atoms with E-state index in [1.807, 2.05) is 45.0 Å². The highest BCUT2D eigenvalue weighted by atomic mass is 16.4. The molecule has 40 heavy (non-hydrogen) atoms. The first-order valence-electron chi connectivity index (χ1n) is 13.6. The molecule has 0 radical (unpaired) electrons. The second kappa shape index (κ2) is 11.9. The number of para-hydroxylation sites is 1. The average Bonchev–Trinajstić information content (AvgIpc) is 3.03. The number of fused-ring (bicyclic) bond motifs is 1. The van der Waals surface area contributed by atoms with Crippen LogP contribution in [0.3, 0.4) is 0 Å². The van der Waals surface area contributed by atoms with Gasteiger partial charge in [0, 0.05) is 35.3 Å². The molecule has 0 spiro atoms. The van der Waals surface area contributed by atoms with E-state index in [1.54, 1.807) is 13.1 Å². The Bertz CT molecular complexity index is 1340. The van der Waals surface area contributed by atoms with Crippen LogP contribution in [0.25, 0.3) is 0 Å². The molecule has 4 rings (SSSR count). The van der Waals surface area contributed by atoms with Crippen molar-refractivity contribution in [3.05, 3.63) is 53.6 Å². The van der Waals surface area contributed by atoms with Crippen LogP contribution in [0.4, 0.5) is 21.9 Å². The Morgan fingerprint density at radius 2 is 1.68 bits per heavy atom. The zero-order valence-electron chi connectivity index (χ0n) is 23.5. The van der Waals surface area contributed by atoms with Crippen molar-refractivity contribution in [1.82, 2.24) is 5.01 Å². The molecule has 0 unspecified atom stereocenters. The molecular formula is C30H37N5O5. The molecule has 0 saturated heterocycles. The number of nitrogens with one attached hydrogen (secondary N) is 2. The van der Waals surface area contributed by atoms with Crippen LogP contribution in [0, 0.1) is 11.3 Å². The minimum absolute atomic E-state index is 0.00734. The van der Waals surface area contributed by atoms with Gasteiger partial charge in [0.2, 0.25) is 5.91 Å². The number of urea groups is 1. The van der Waals surface area contributed by atoms with Crippen LogP contribution in [-0.4, -0.2) is 59.7 Å². The van der Waals surface area contributed by atoms with E-state index >= 15 is 0 Å². The Morgan fingerprint density at radius 3 is 2.33 bits per heavy atom. The van der Waals surface area contributed by atoms with E-state index < -0.39 is 29.9 Å². The van der Waals surface area contributed by atoms with E-state index in [2.05, 4.69) is 10.6 Å². The van der Waals surface area contributed by atoms with Crippen molar-refractivity contribution in [3.8, 4) is 0 Å². The van der Waals surface area contributed by atoms with Crippen LogP contribution in [0.2, 0.25) is 0 Å². The van der Waals surface area contributed by atoms with Crippen molar-refractivity contribution in [2.75, 3.05) is 35.7 Å². The van der Waals surface area contributed by atoms with Crippen molar-refractivity contribution in [2.45, 2.75) is 52.9 Å². The van der Waals surface area contributed by atoms with Gasteiger partial charge >= 0.3 is 12.0 Å². The van der Waals surface area contributed by atoms with Gasteiger partial charge in [-0.1, -0.05) is 58.2 Å². The normalized spacial score (nSPS) is 16.1. The minimum atomic E-state index is -1.13. The SMILES string of the molecule is CNc1cc(NC(=O)CN2N=C(C3CCCCC3)c3ccccc3N(CC(=O)C(C)(C)C)C2=O)cc(C(=O)O)c1. The summed E-state index contributed by atoms with van der Waals surface area (Å²) < 4.78 is 0. The van der Waals surface area contributed by atoms with Gasteiger partial charge in [0.1, 0.15) is 6.54 Å². The maximum Gasteiger partial charge on any atom is 0.345 e. The summed E-state index contributed by atoms with van der Waals surface area (Å²) in [6, 6.07) is 11.3. The number of amides is 3. The molecule has 3 N–H and O–H groups in total. The largest absolute Gasteiger partial charge is 0.478 e. The fraction of sp³-hybridized carbons (Fsp3) is 0.433. The number of Topliss-reactive ketones (excluding diaryl/α,β-unsaturated/α-hetero) is 1. The number of carbonyl (C=O) groups is 4. The second-order valence-corrected chi connectivity index (χ2v) is 11.3. The third-order valence-corrected chi connectivity index (χ3v) is 7.33. The summed E-state index contributed by atoms with van der Waals surface area (Å²) in [5, 5.41) is 20.9. The molecule has 1 aliphatic carbocycles. The lowest BCUT2D eigenvalue weighted by molar-refractivity contribution is -0.124. The molecule has 1 heterocycles. The summed E-state index contributed by atoms with van der Waals surface area (Å²) in [6.07, 6.45) is 5.11. The Labute approximate surface area is 234 Å². The smallest absolute Gasteiger partial charge is 0.345 e. The molecule has 2 aromatic rings. The molecule has 1 aliphatic heterocycles. The Hall–Kier alpha value is -4.21. The van der Waals surface area contributed by atoms with Gasteiger partial charge in [0.05, 0.1) is 23.5 Å². The van der Waals surface area contributed by atoms with E-state index in [4.69, 9.17) is 5.10 Å². The second-order valence-electron chi connectivity index (χ2n) is 11.3. The number of hydrazone groups is 1. The highest BCUT2D eigenvalue weighted by Crippen LogP contribution is 2.34. The van der Waals surface area contributed by atoms with Gasteiger partial charge in [-0.05, 0) is 37.1 Å². The lowest BCUT2D eigenvalue weighted by Gasteiger charge is -2.28. The molecule has 2 aromatic carbocycles. The minimum Gasteiger partial charge on any atom is -0.478 e. The van der Waals surface area contributed by atoms with Gasteiger partial charge in [-0.3, -0.25) is 14.5 Å². The first kappa shape index (κ1) is 28.8. The molecule has 10 nitrogen and oxygen atoms in total. The number of carboxylic acids is 1. The van der Waals surface area contributed by atoms with Crippen molar-refractivity contribution < 1.29 is 24.3 Å². The number of hydrogen-bond acceptors (Lipinski definition) is 6. The predicted molar refractivity (Wildman–Crippen MR) is 155 cm³/mol. The molecule has 10 heteroatoms. The first-order valence-corrected chi connectivity index (χ1v) is 13.6.